The number of hydrogen-bond acceptors (Lipinski definition) is 8. The first-order valence-electron chi connectivity index (χ1n) is 11.1. The number of ether oxygens (including phenoxy) is 1. The highest BCUT2D eigenvalue weighted by atomic mass is 32.2. The Labute approximate surface area is 209 Å². The zero-order valence-electron chi connectivity index (χ0n) is 19.8. The predicted molar refractivity (Wildman–Crippen MR) is 127 cm³/mol. The van der Waals surface area contributed by atoms with E-state index < -0.39 is 38.0 Å². The average molecular weight is 552 g/mol. The van der Waals surface area contributed by atoms with Gasteiger partial charge in [-0.25, -0.2) is 8.42 Å². The molecule has 1 aliphatic rings. The Kier molecular flexibility index (Phi) is 8.98. The lowest BCUT2D eigenvalue weighted by Gasteiger charge is -2.35. The van der Waals surface area contributed by atoms with Gasteiger partial charge in [-0.15, -0.1) is 0 Å². The van der Waals surface area contributed by atoms with E-state index in [1.165, 1.54) is 22.6 Å². The lowest BCUT2D eigenvalue weighted by molar-refractivity contribution is -0.137. The van der Waals surface area contributed by atoms with Gasteiger partial charge < -0.3 is 9.64 Å². The zero-order valence-corrected chi connectivity index (χ0v) is 21.4. The van der Waals surface area contributed by atoms with E-state index in [-0.39, 0.29) is 55.7 Å². The molecule has 1 unspecified atom stereocenters. The van der Waals surface area contributed by atoms with Gasteiger partial charge in [-0.1, -0.05) is 17.7 Å². The Bertz CT molecular complexity index is 1230. The van der Waals surface area contributed by atoms with Gasteiger partial charge >= 0.3 is 6.18 Å². The van der Waals surface area contributed by atoms with Crippen LogP contribution in [0.3, 0.4) is 0 Å². The maximum Gasteiger partial charge on any atom is 0.417 e. The van der Waals surface area contributed by atoms with E-state index in [1.807, 2.05) is 6.92 Å². The summed E-state index contributed by atoms with van der Waals surface area (Å²) in [5, 5.41) is 0. The zero-order chi connectivity index (χ0) is 26.6. The molecule has 0 radical (unpaired) electrons. The van der Waals surface area contributed by atoms with Crippen molar-refractivity contribution >= 4 is 25.8 Å². The molecule has 0 spiro atoms. The van der Waals surface area contributed by atoms with Crippen LogP contribution in [0.1, 0.15) is 18.1 Å². The van der Waals surface area contributed by atoms with Crippen LogP contribution in [0.2, 0.25) is 0 Å². The summed E-state index contributed by atoms with van der Waals surface area (Å²) in [7, 11) is -7.64. The minimum Gasteiger partial charge on any atom is -0.375 e. The molecule has 0 N–H and O–H groups in total. The molecule has 2 aromatic rings. The number of piperazine rings is 1. The van der Waals surface area contributed by atoms with Crippen LogP contribution < -0.4 is 4.90 Å². The third kappa shape index (κ3) is 7.62. The predicted octanol–water partition coefficient (Wildman–Crippen LogP) is 2.67. The van der Waals surface area contributed by atoms with Crippen molar-refractivity contribution in [1.29, 1.82) is 0 Å². The Balaban J connectivity index is 1.44. The van der Waals surface area contributed by atoms with Crippen molar-refractivity contribution < 1.29 is 38.9 Å². The van der Waals surface area contributed by atoms with Crippen molar-refractivity contribution in [3.8, 4) is 0 Å². The van der Waals surface area contributed by atoms with E-state index in [1.54, 1.807) is 24.0 Å². The standard InChI is InChI=1S/C22H28F3N3O6S2/c1-17-3-5-21(6-4-17)36(31,32)34-16-18(2)33-11-12-35(29,30)28-9-7-27(8-10-28)20-13-19(14-26-15-20)22(23,24)25/h3-6,13-15,18H,7-12,16H2,1-2H3. The lowest BCUT2D eigenvalue weighted by atomic mass is 10.2. The van der Waals surface area contributed by atoms with Crippen LogP contribution in [-0.2, 0) is 35.2 Å². The van der Waals surface area contributed by atoms with Gasteiger partial charge in [0.15, 0.2) is 0 Å². The number of hydrogen-bond donors (Lipinski definition) is 0. The third-order valence-corrected chi connectivity index (χ3v) is 8.69. The summed E-state index contributed by atoms with van der Waals surface area (Å²) in [6.07, 6.45) is -3.13. The summed E-state index contributed by atoms with van der Waals surface area (Å²) in [5.74, 6) is -0.326. The Morgan fingerprint density at radius 1 is 1.03 bits per heavy atom. The van der Waals surface area contributed by atoms with E-state index in [2.05, 4.69) is 4.98 Å². The molecule has 9 nitrogen and oxygen atoms in total. The van der Waals surface area contributed by atoms with E-state index in [0.29, 0.717) is 0 Å². The van der Waals surface area contributed by atoms with Gasteiger partial charge in [0.05, 0.1) is 47.4 Å². The molecule has 1 aliphatic heterocycles. The minimum atomic E-state index is -4.51. The number of pyridine rings is 1. The van der Waals surface area contributed by atoms with Crippen LogP contribution >= 0.6 is 0 Å². The van der Waals surface area contributed by atoms with Gasteiger partial charge in [-0.05, 0) is 32.0 Å². The second-order valence-electron chi connectivity index (χ2n) is 8.36. The van der Waals surface area contributed by atoms with E-state index in [9.17, 15) is 30.0 Å². The van der Waals surface area contributed by atoms with Crippen molar-refractivity contribution in [1.82, 2.24) is 9.29 Å². The number of nitrogens with zero attached hydrogens (tertiary/aromatic N) is 3. The number of halogens is 3. The van der Waals surface area contributed by atoms with Crippen LogP contribution in [0.15, 0.2) is 47.6 Å². The fourth-order valence-corrected chi connectivity index (χ4v) is 5.73. The normalized spacial score (nSPS) is 16.8. The molecule has 1 fully saturated rings. The number of benzene rings is 1. The fraction of sp³-hybridized carbons (Fsp3) is 0.500. The molecule has 1 aromatic carbocycles. The largest absolute Gasteiger partial charge is 0.417 e. The highest BCUT2D eigenvalue weighted by Gasteiger charge is 2.32. The maximum atomic E-state index is 12.9. The molecule has 1 saturated heterocycles. The van der Waals surface area contributed by atoms with E-state index >= 15 is 0 Å². The van der Waals surface area contributed by atoms with Gasteiger partial charge in [0.25, 0.3) is 10.1 Å². The first kappa shape index (κ1) is 28.3. The van der Waals surface area contributed by atoms with Crippen LogP contribution in [0, 0.1) is 6.92 Å². The Morgan fingerprint density at radius 2 is 1.67 bits per heavy atom. The summed E-state index contributed by atoms with van der Waals surface area (Å²) in [5.41, 5.74) is 0.317. The second kappa shape index (κ2) is 11.4. The van der Waals surface area contributed by atoms with E-state index in [0.717, 1.165) is 17.8 Å². The Morgan fingerprint density at radius 3 is 2.28 bits per heavy atom. The number of rotatable bonds is 10. The van der Waals surface area contributed by atoms with Gasteiger partial charge in [0.2, 0.25) is 10.0 Å². The minimum absolute atomic E-state index is 0.0166. The number of aryl methyl sites for hydroxylation is 1. The molecule has 200 valence electrons. The molecular formula is C22H28F3N3O6S2. The quantitative estimate of drug-likeness (QED) is 0.415. The fourth-order valence-electron chi connectivity index (χ4n) is 3.47. The molecule has 0 amide bonds. The van der Waals surface area contributed by atoms with Gasteiger partial charge in [-0.2, -0.15) is 25.9 Å². The van der Waals surface area contributed by atoms with Crippen molar-refractivity contribution in [2.24, 2.45) is 0 Å². The molecule has 0 bridgehead atoms. The van der Waals surface area contributed by atoms with Crippen molar-refractivity contribution in [3.63, 3.8) is 0 Å². The van der Waals surface area contributed by atoms with Crippen molar-refractivity contribution in [2.75, 3.05) is 50.0 Å². The summed E-state index contributed by atoms with van der Waals surface area (Å²) >= 11 is 0. The molecular weight excluding hydrogens is 523 g/mol. The highest BCUT2D eigenvalue weighted by molar-refractivity contribution is 7.89. The summed E-state index contributed by atoms with van der Waals surface area (Å²) < 4.78 is 100. The summed E-state index contributed by atoms with van der Waals surface area (Å²) in [4.78, 5) is 5.31. The molecule has 14 heteroatoms. The number of sulfonamides is 1. The number of alkyl halides is 3. The molecule has 1 atom stereocenters. The van der Waals surface area contributed by atoms with Gasteiger partial charge in [0, 0.05) is 32.4 Å². The average Bonchev–Trinajstić information content (AvgIpc) is 2.83. The van der Waals surface area contributed by atoms with Crippen LogP contribution in [0.25, 0.3) is 0 Å². The van der Waals surface area contributed by atoms with Gasteiger partial charge in [0.1, 0.15) is 0 Å². The monoisotopic (exact) mass is 551 g/mol. The van der Waals surface area contributed by atoms with Crippen LogP contribution in [-0.4, -0.2) is 77.4 Å². The Hall–Kier alpha value is -2.26. The van der Waals surface area contributed by atoms with E-state index in [4.69, 9.17) is 8.92 Å². The third-order valence-electron chi connectivity index (χ3n) is 5.56. The summed E-state index contributed by atoms with van der Waals surface area (Å²) in [6, 6.07) is 7.17. The maximum absolute atomic E-state index is 12.9. The van der Waals surface area contributed by atoms with Crippen LogP contribution in [0.5, 0.6) is 0 Å². The highest BCUT2D eigenvalue weighted by Crippen LogP contribution is 2.31. The molecule has 36 heavy (non-hydrogen) atoms. The second-order valence-corrected chi connectivity index (χ2v) is 12.1. The molecule has 0 aliphatic carbocycles. The lowest BCUT2D eigenvalue weighted by Crippen LogP contribution is -2.49. The first-order chi connectivity index (χ1) is 16.8. The summed E-state index contributed by atoms with van der Waals surface area (Å²) in [6.45, 7) is 3.58. The topological polar surface area (TPSA) is 106 Å². The molecule has 2 heterocycles. The van der Waals surface area contributed by atoms with Crippen molar-refractivity contribution in [2.45, 2.75) is 31.0 Å². The number of aromatic nitrogens is 1. The number of anilines is 1. The van der Waals surface area contributed by atoms with Crippen LogP contribution in [0.4, 0.5) is 18.9 Å². The molecule has 0 saturated carbocycles. The SMILES string of the molecule is Cc1ccc(S(=O)(=O)OCC(C)OCCS(=O)(=O)N2CCN(c3cncc(C(F)(F)F)c3)CC2)cc1. The van der Waals surface area contributed by atoms with Crippen molar-refractivity contribution in [3.05, 3.63) is 53.9 Å². The smallest absolute Gasteiger partial charge is 0.375 e. The van der Waals surface area contributed by atoms with Gasteiger partial charge in [-0.3, -0.25) is 9.17 Å². The molecule has 1 aromatic heterocycles. The molecule has 3 rings (SSSR count). The first-order valence-corrected chi connectivity index (χ1v) is 14.1.